The predicted molar refractivity (Wildman–Crippen MR) is 72.1 cm³/mol. The van der Waals surface area contributed by atoms with Crippen molar-refractivity contribution in [1.29, 1.82) is 0 Å². The van der Waals surface area contributed by atoms with Crippen LogP contribution >= 0.6 is 0 Å². The molecule has 1 aromatic carbocycles. The van der Waals surface area contributed by atoms with E-state index in [4.69, 9.17) is 0 Å². The lowest BCUT2D eigenvalue weighted by molar-refractivity contribution is 0.0390. The first kappa shape index (κ1) is 13.7. The first-order valence-corrected chi connectivity index (χ1v) is 6.55. The number of carbonyl (C=O) groups is 2. The highest BCUT2D eigenvalue weighted by Gasteiger charge is 2.45. The van der Waals surface area contributed by atoms with Crippen LogP contribution in [0.25, 0.3) is 0 Å². The van der Waals surface area contributed by atoms with Crippen LogP contribution < -0.4 is 0 Å². The lowest BCUT2D eigenvalue weighted by atomic mass is 9.92. The van der Waals surface area contributed by atoms with Crippen LogP contribution in [0.1, 0.15) is 53.0 Å². The fourth-order valence-corrected chi connectivity index (χ4v) is 2.53. The van der Waals surface area contributed by atoms with E-state index in [9.17, 15) is 14.7 Å². The Morgan fingerprint density at radius 1 is 1.21 bits per heavy atom. The lowest BCUT2D eigenvalue weighted by Crippen LogP contribution is -2.49. The number of aliphatic hydroxyl groups excluding tert-OH is 1. The Bertz CT molecular complexity index is 538. The average Bonchev–Trinajstić information content (AvgIpc) is 2.62. The normalized spacial score (nSPS) is 17.6. The quantitative estimate of drug-likeness (QED) is 0.845. The molecule has 0 radical (unpaired) electrons. The van der Waals surface area contributed by atoms with Crippen molar-refractivity contribution < 1.29 is 14.7 Å². The minimum absolute atomic E-state index is 0.0449. The van der Waals surface area contributed by atoms with Gasteiger partial charge in [0.25, 0.3) is 11.8 Å². The zero-order valence-electron chi connectivity index (χ0n) is 11.6. The van der Waals surface area contributed by atoms with Crippen LogP contribution in [0.5, 0.6) is 0 Å². The van der Waals surface area contributed by atoms with Gasteiger partial charge in [0, 0.05) is 6.61 Å². The number of nitrogens with zero attached hydrogens (tertiary/aromatic N) is 1. The first-order chi connectivity index (χ1) is 8.94. The number of fused-ring (bicyclic) bond motifs is 1. The van der Waals surface area contributed by atoms with Crippen molar-refractivity contribution >= 4 is 11.8 Å². The zero-order chi connectivity index (χ0) is 14.2. The molecule has 0 saturated carbocycles. The Labute approximate surface area is 113 Å². The number of benzene rings is 1. The number of rotatable bonds is 4. The van der Waals surface area contributed by atoms with Crippen molar-refractivity contribution in [2.45, 2.75) is 39.2 Å². The second-order valence-electron chi connectivity index (χ2n) is 5.32. The molecule has 1 atom stereocenters. The van der Waals surface area contributed by atoms with E-state index in [-0.39, 0.29) is 18.4 Å². The molecule has 1 N–H and O–H groups in total. The van der Waals surface area contributed by atoms with E-state index in [0.29, 0.717) is 24.0 Å². The Kier molecular flexibility index (Phi) is 3.45. The van der Waals surface area contributed by atoms with E-state index < -0.39 is 5.54 Å². The molecule has 1 aliphatic heterocycles. The van der Waals surface area contributed by atoms with Gasteiger partial charge in [-0.15, -0.1) is 0 Å². The average molecular weight is 261 g/mol. The summed E-state index contributed by atoms with van der Waals surface area (Å²) >= 11 is 0. The van der Waals surface area contributed by atoms with E-state index in [0.717, 1.165) is 5.56 Å². The highest BCUT2D eigenvalue weighted by Crippen LogP contribution is 2.33. The highest BCUT2D eigenvalue weighted by atomic mass is 16.3. The topological polar surface area (TPSA) is 57.6 Å². The Morgan fingerprint density at radius 2 is 1.84 bits per heavy atom. The Hall–Kier alpha value is -1.68. The molecule has 2 rings (SSSR count). The standard InChI is InChI=1S/C15H19NO3/c1-4-15(3,7-8-17)16-13(18)11-6-5-10(2)9-12(11)14(16)19/h5-6,9,17H,4,7-8H2,1-3H3. The van der Waals surface area contributed by atoms with Gasteiger partial charge in [0.05, 0.1) is 16.7 Å². The third kappa shape index (κ3) is 2.06. The molecule has 1 heterocycles. The van der Waals surface area contributed by atoms with Crippen molar-refractivity contribution in [2.75, 3.05) is 6.61 Å². The summed E-state index contributed by atoms with van der Waals surface area (Å²) in [5.74, 6) is -0.501. The van der Waals surface area contributed by atoms with Gasteiger partial charge in [-0.25, -0.2) is 0 Å². The van der Waals surface area contributed by atoms with Gasteiger partial charge in [-0.2, -0.15) is 0 Å². The predicted octanol–water partition coefficient (Wildman–Crippen LogP) is 2.14. The zero-order valence-corrected chi connectivity index (χ0v) is 11.6. The molecule has 1 aliphatic rings. The molecule has 19 heavy (non-hydrogen) atoms. The number of imide groups is 1. The van der Waals surface area contributed by atoms with Gasteiger partial charge in [-0.05, 0) is 38.8 Å². The molecule has 2 amide bonds. The van der Waals surface area contributed by atoms with Crippen LogP contribution in [0, 0.1) is 6.92 Å². The van der Waals surface area contributed by atoms with Crippen LogP contribution in [-0.2, 0) is 0 Å². The number of hydrogen-bond acceptors (Lipinski definition) is 3. The molecule has 1 aromatic rings. The molecule has 1 unspecified atom stereocenters. The maximum atomic E-state index is 12.5. The van der Waals surface area contributed by atoms with Gasteiger partial charge in [-0.1, -0.05) is 18.6 Å². The van der Waals surface area contributed by atoms with Crippen LogP contribution in [0.2, 0.25) is 0 Å². The second-order valence-corrected chi connectivity index (χ2v) is 5.32. The number of hydrogen-bond donors (Lipinski definition) is 1. The molecule has 0 saturated heterocycles. The summed E-state index contributed by atoms with van der Waals surface area (Å²) in [7, 11) is 0. The summed E-state index contributed by atoms with van der Waals surface area (Å²) in [6.07, 6.45) is 1.02. The molecule has 102 valence electrons. The van der Waals surface area contributed by atoms with Crippen LogP contribution in [0.15, 0.2) is 18.2 Å². The summed E-state index contributed by atoms with van der Waals surface area (Å²) in [6, 6.07) is 5.30. The molecule has 4 nitrogen and oxygen atoms in total. The monoisotopic (exact) mass is 261 g/mol. The van der Waals surface area contributed by atoms with Crippen molar-refractivity contribution in [3.63, 3.8) is 0 Å². The van der Waals surface area contributed by atoms with E-state index in [2.05, 4.69) is 0 Å². The van der Waals surface area contributed by atoms with Crippen LogP contribution in [0.4, 0.5) is 0 Å². The smallest absolute Gasteiger partial charge is 0.262 e. The fraction of sp³-hybridized carbons (Fsp3) is 0.467. The van der Waals surface area contributed by atoms with E-state index in [1.807, 2.05) is 26.8 Å². The Balaban J connectivity index is 2.47. The summed E-state index contributed by atoms with van der Waals surface area (Å²) in [5, 5.41) is 9.18. The molecule has 0 spiro atoms. The first-order valence-electron chi connectivity index (χ1n) is 6.55. The maximum Gasteiger partial charge on any atom is 0.262 e. The van der Waals surface area contributed by atoms with Gasteiger partial charge in [0.15, 0.2) is 0 Å². The third-order valence-electron chi connectivity index (χ3n) is 3.99. The fourth-order valence-electron chi connectivity index (χ4n) is 2.53. The number of amides is 2. The van der Waals surface area contributed by atoms with Gasteiger partial charge < -0.3 is 5.11 Å². The number of carbonyl (C=O) groups excluding carboxylic acids is 2. The molecule has 0 aliphatic carbocycles. The minimum atomic E-state index is -0.629. The van der Waals surface area contributed by atoms with Gasteiger partial charge in [0.1, 0.15) is 0 Å². The second kappa shape index (κ2) is 4.78. The van der Waals surface area contributed by atoms with Crippen molar-refractivity contribution in [3.05, 3.63) is 34.9 Å². The van der Waals surface area contributed by atoms with Crippen molar-refractivity contribution in [3.8, 4) is 0 Å². The van der Waals surface area contributed by atoms with Crippen molar-refractivity contribution in [1.82, 2.24) is 4.90 Å². The summed E-state index contributed by atoms with van der Waals surface area (Å²) < 4.78 is 0. The SMILES string of the molecule is CCC(C)(CCO)N1C(=O)c2ccc(C)cc2C1=O. The van der Waals surface area contributed by atoms with Gasteiger partial charge >= 0.3 is 0 Å². The van der Waals surface area contributed by atoms with Crippen molar-refractivity contribution in [2.24, 2.45) is 0 Å². The lowest BCUT2D eigenvalue weighted by Gasteiger charge is -2.36. The molecule has 0 bridgehead atoms. The molecular formula is C15H19NO3. The summed E-state index contributed by atoms with van der Waals surface area (Å²) in [5.41, 5.74) is 1.27. The van der Waals surface area contributed by atoms with E-state index in [1.165, 1.54) is 4.90 Å². The van der Waals surface area contributed by atoms with Gasteiger partial charge in [-0.3, -0.25) is 14.5 Å². The molecule has 0 fully saturated rings. The van der Waals surface area contributed by atoms with E-state index in [1.54, 1.807) is 12.1 Å². The molecule has 0 aromatic heterocycles. The Morgan fingerprint density at radius 3 is 2.42 bits per heavy atom. The third-order valence-corrected chi connectivity index (χ3v) is 3.99. The highest BCUT2D eigenvalue weighted by molar-refractivity contribution is 6.21. The molecule has 4 heteroatoms. The van der Waals surface area contributed by atoms with Gasteiger partial charge in [0.2, 0.25) is 0 Å². The molecular weight excluding hydrogens is 242 g/mol. The number of aryl methyl sites for hydroxylation is 1. The summed E-state index contributed by atoms with van der Waals surface area (Å²) in [4.78, 5) is 26.2. The maximum absolute atomic E-state index is 12.5. The number of aliphatic hydroxyl groups is 1. The van der Waals surface area contributed by atoms with E-state index >= 15 is 0 Å². The summed E-state index contributed by atoms with van der Waals surface area (Å²) in [6.45, 7) is 5.62. The van der Waals surface area contributed by atoms with Crippen LogP contribution in [-0.4, -0.2) is 34.0 Å². The largest absolute Gasteiger partial charge is 0.396 e. The minimum Gasteiger partial charge on any atom is -0.396 e. The van der Waals surface area contributed by atoms with Crippen LogP contribution in [0.3, 0.4) is 0 Å².